The molecule has 3 atom stereocenters. The van der Waals surface area contributed by atoms with E-state index in [9.17, 15) is 9.59 Å². The number of rotatable bonds is 5. The molecule has 0 spiro atoms. The highest BCUT2D eigenvalue weighted by molar-refractivity contribution is 5.86. The van der Waals surface area contributed by atoms with Gasteiger partial charge in [-0.15, -0.1) is 0 Å². The molecule has 0 aliphatic carbocycles. The Hall–Kier alpha value is -1.10. The second-order valence-corrected chi connectivity index (χ2v) is 3.87. The fraction of sp³-hybridized carbons (Fsp3) is 0.800. The maximum Gasteiger partial charge on any atom is 0.326 e. The number of carbonyl (C=O) groups excluding carboxylic acids is 1. The first-order valence-corrected chi connectivity index (χ1v) is 5.07. The molecule has 1 amide bonds. The molecule has 0 saturated heterocycles. The zero-order chi connectivity index (χ0) is 12.2. The molecule has 0 rings (SSSR count). The first-order valence-electron chi connectivity index (χ1n) is 5.07. The largest absolute Gasteiger partial charge is 0.480 e. The van der Waals surface area contributed by atoms with Gasteiger partial charge in [-0.2, -0.15) is 0 Å². The summed E-state index contributed by atoms with van der Waals surface area (Å²) in [4.78, 5) is 23.6. The molecule has 0 aliphatic rings. The van der Waals surface area contributed by atoms with Gasteiger partial charge in [0.15, 0.2) is 0 Å². The molecule has 0 saturated carbocycles. The summed E-state index contributed by atoms with van der Waals surface area (Å²) in [5.41, 5.74) is 5.73. The van der Waals surface area contributed by atoms with E-state index in [0.717, 1.165) is 6.42 Å². The van der Waals surface area contributed by atoms with Crippen molar-refractivity contribution in [1.82, 2.24) is 4.90 Å². The topological polar surface area (TPSA) is 83.6 Å². The summed E-state index contributed by atoms with van der Waals surface area (Å²) >= 11 is 0. The van der Waals surface area contributed by atoms with E-state index in [2.05, 4.69) is 0 Å². The van der Waals surface area contributed by atoms with Crippen LogP contribution in [0.2, 0.25) is 0 Å². The zero-order valence-electron chi connectivity index (χ0n) is 9.73. The van der Waals surface area contributed by atoms with Crippen LogP contribution < -0.4 is 5.73 Å². The average Bonchev–Trinajstić information content (AvgIpc) is 2.23. The maximum atomic E-state index is 11.7. The van der Waals surface area contributed by atoms with E-state index in [0.29, 0.717) is 0 Å². The number of hydrogen-bond acceptors (Lipinski definition) is 3. The van der Waals surface area contributed by atoms with Crippen molar-refractivity contribution in [2.45, 2.75) is 39.3 Å². The molecule has 0 radical (unpaired) electrons. The Morgan fingerprint density at radius 2 is 1.87 bits per heavy atom. The van der Waals surface area contributed by atoms with Crippen molar-refractivity contribution in [3.63, 3.8) is 0 Å². The molecule has 5 heteroatoms. The standard InChI is InChI=1S/C10H20N2O3/c1-5-6(2)8(11)9(13)12(4)7(3)10(14)15/h6-8H,5,11H2,1-4H3,(H,14,15). The van der Waals surface area contributed by atoms with Crippen LogP contribution in [-0.2, 0) is 9.59 Å². The molecular formula is C10H20N2O3. The zero-order valence-corrected chi connectivity index (χ0v) is 9.73. The van der Waals surface area contributed by atoms with Gasteiger partial charge in [-0.3, -0.25) is 4.79 Å². The van der Waals surface area contributed by atoms with Crippen molar-refractivity contribution in [2.75, 3.05) is 7.05 Å². The molecule has 0 aliphatic heterocycles. The Bertz CT molecular complexity index is 243. The minimum atomic E-state index is -1.03. The molecule has 0 bridgehead atoms. The van der Waals surface area contributed by atoms with E-state index >= 15 is 0 Å². The number of nitrogens with two attached hydrogens (primary N) is 1. The minimum absolute atomic E-state index is 0.0564. The Morgan fingerprint density at radius 1 is 1.40 bits per heavy atom. The van der Waals surface area contributed by atoms with E-state index < -0.39 is 18.1 Å². The van der Waals surface area contributed by atoms with Crippen molar-refractivity contribution in [2.24, 2.45) is 11.7 Å². The minimum Gasteiger partial charge on any atom is -0.480 e. The molecule has 5 nitrogen and oxygen atoms in total. The van der Waals surface area contributed by atoms with Crippen molar-refractivity contribution in [1.29, 1.82) is 0 Å². The summed E-state index contributed by atoms with van der Waals surface area (Å²) in [5.74, 6) is -1.29. The van der Waals surface area contributed by atoms with Crippen LogP contribution in [0.3, 0.4) is 0 Å². The highest BCUT2D eigenvalue weighted by Crippen LogP contribution is 2.09. The van der Waals surface area contributed by atoms with Crippen molar-refractivity contribution < 1.29 is 14.7 Å². The summed E-state index contributed by atoms with van der Waals surface area (Å²) in [5, 5.41) is 8.74. The smallest absolute Gasteiger partial charge is 0.326 e. The first kappa shape index (κ1) is 13.9. The Balaban J connectivity index is 4.50. The predicted molar refractivity (Wildman–Crippen MR) is 57.3 cm³/mol. The molecule has 0 fully saturated rings. The van der Waals surface area contributed by atoms with Crippen molar-refractivity contribution >= 4 is 11.9 Å². The lowest BCUT2D eigenvalue weighted by Gasteiger charge is -2.27. The summed E-state index contributed by atoms with van der Waals surface area (Å²) in [7, 11) is 1.46. The molecule has 0 heterocycles. The average molecular weight is 216 g/mol. The van der Waals surface area contributed by atoms with Crippen molar-refractivity contribution in [3.05, 3.63) is 0 Å². The number of carboxylic acid groups (broad SMARTS) is 1. The lowest BCUT2D eigenvalue weighted by molar-refractivity contribution is -0.149. The summed E-state index contributed by atoms with van der Waals surface area (Å²) in [6.07, 6.45) is 0.794. The Labute approximate surface area is 90.2 Å². The van der Waals surface area contributed by atoms with Gasteiger partial charge in [0.2, 0.25) is 5.91 Å². The maximum absolute atomic E-state index is 11.7. The number of likely N-dealkylation sites (N-methyl/N-ethyl adjacent to an activating group) is 1. The van der Waals surface area contributed by atoms with Crippen molar-refractivity contribution in [3.8, 4) is 0 Å². The fourth-order valence-electron chi connectivity index (χ4n) is 1.09. The number of aliphatic carboxylic acids is 1. The third-order valence-electron chi connectivity index (χ3n) is 2.83. The van der Waals surface area contributed by atoms with Gasteiger partial charge < -0.3 is 15.7 Å². The van der Waals surface area contributed by atoms with Gasteiger partial charge in [-0.25, -0.2) is 4.79 Å². The molecule has 15 heavy (non-hydrogen) atoms. The van der Waals surface area contributed by atoms with Crippen LogP contribution in [0.5, 0.6) is 0 Å². The molecular weight excluding hydrogens is 196 g/mol. The number of carbonyl (C=O) groups is 2. The predicted octanol–water partition coefficient (Wildman–Crippen LogP) is 0.291. The fourth-order valence-corrected chi connectivity index (χ4v) is 1.09. The van der Waals surface area contributed by atoms with Crippen LogP contribution >= 0.6 is 0 Å². The second kappa shape index (κ2) is 5.70. The molecule has 88 valence electrons. The SMILES string of the molecule is CCC(C)C(N)C(=O)N(C)C(C)C(=O)O. The lowest BCUT2D eigenvalue weighted by Crippen LogP contribution is -2.50. The first-order chi connectivity index (χ1) is 6.82. The van der Waals surface area contributed by atoms with E-state index in [1.165, 1.54) is 18.9 Å². The Kier molecular flexibility index (Phi) is 5.28. The molecule has 0 aromatic heterocycles. The van der Waals surface area contributed by atoms with Gasteiger partial charge in [0.25, 0.3) is 0 Å². The van der Waals surface area contributed by atoms with Gasteiger partial charge >= 0.3 is 5.97 Å². The molecule has 3 unspecified atom stereocenters. The van der Waals surface area contributed by atoms with Crippen LogP contribution in [0.25, 0.3) is 0 Å². The summed E-state index contributed by atoms with van der Waals surface area (Å²) in [6.45, 7) is 5.28. The van der Waals surface area contributed by atoms with Crippen LogP contribution in [0.15, 0.2) is 0 Å². The number of amides is 1. The third-order valence-corrected chi connectivity index (χ3v) is 2.83. The number of hydrogen-bond donors (Lipinski definition) is 2. The van der Waals surface area contributed by atoms with Gasteiger partial charge in [-0.05, 0) is 12.8 Å². The quantitative estimate of drug-likeness (QED) is 0.692. The number of nitrogens with zero attached hydrogens (tertiary/aromatic N) is 1. The summed E-state index contributed by atoms with van der Waals surface area (Å²) in [6, 6.07) is -1.46. The van der Waals surface area contributed by atoms with E-state index in [1.807, 2.05) is 13.8 Å². The highest BCUT2D eigenvalue weighted by Gasteiger charge is 2.28. The van der Waals surface area contributed by atoms with Gasteiger partial charge in [0.05, 0.1) is 6.04 Å². The second-order valence-electron chi connectivity index (χ2n) is 3.87. The van der Waals surface area contributed by atoms with Gasteiger partial charge in [0.1, 0.15) is 6.04 Å². The number of carboxylic acids is 1. The van der Waals surface area contributed by atoms with E-state index in [4.69, 9.17) is 10.8 Å². The molecule has 3 N–H and O–H groups in total. The van der Waals surface area contributed by atoms with Gasteiger partial charge in [-0.1, -0.05) is 20.3 Å². The Morgan fingerprint density at radius 3 is 2.20 bits per heavy atom. The summed E-state index contributed by atoms with van der Waals surface area (Å²) < 4.78 is 0. The van der Waals surface area contributed by atoms with E-state index in [-0.39, 0.29) is 11.8 Å². The van der Waals surface area contributed by atoms with Crippen LogP contribution in [0.4, 0.5) is 0 Å². The monoisotopic (exact) mass is 216 g/mol. The van der Waals surface area contributed by atoms with Crippen LogP contribution in [0, 0.1) is 5.92 Å². The van der Waals surface area contributed by atoms with Gasteiger partial charge in [0, 0.05) is 7.05 Å². The van der Waals surface area contributed by atoms with Crippen LogP contribution in [0.1, 0.15) is 27.2 Å². The van der Waals surface area contributed by atoms with E-state index in [1.54, 1.807) is 0 Å². The van der Waals surface area contributed by atoms with Crippen LogP contribution in [-0.4, -0.2) is 41.0 Å². The highest BCUT2D eigenvalue weighted by atomic mass is 16.4. The molecule has 0 aromatic rings. The normalized spacial score (nSPS) is 16.6. The third kappa shape index (κ3) is 3.51. The lowest BCUT2D eigenvalue weighted by atomic mass is 9.98. The molecule has 0 aromatic carbocycles.